The number of hydrogen-bond donors (Lipinski definition) is 1. The predicted octanol–water partition coefficient (Wildman–Crippen LogP) is 2.52. The van der Waals surface area contributed by atoms with E-state index in [2.05, 4.69) is 15.0 Å². The first kappa shape index (κ1) is 19.7. The number of imidazole rings is 1. The Hall–Kier alpha value is -1.64. The average Bonchev–Trinajstić information content (AvgIpc) is 3.01. The van der Waals surface area contributed by atoms with Gasteiger partial charge in [0, 0.05) is 23.4 Å². The molecule has 1 N–H and O–H groups in total. The molecule has 126 valence electrons. The van der Waals surface area contributed by atoms with Gasteiger partial charge in [-0.25, -0.2) is 4.98 Å². The molecule has 25 heavy (non-hydrogen) atoms. The molecule has 0 unspecified atom stereocenters. The number of H-pyrrole nitrogens is 1. The largest absolute Gasteiger partial charge is 2.00 e. The van der Waals surface area contributed by atoms with Crippen molar-refractivity contribution in [3.05, 3.63) is 41.2 Å². The number of nitrogens with one attached hydrogen (secondary N) is 1. The molecule has 0 bridgehead atoms. The minimum atomic E-state index is -1.33. The number of hydrogen-bond acceptors (Lipinski definition) is 5. The summed E-state index contributed by atoms with van der Waals surface area (Å²) in [4.78, 5) is 11.9. The van der Waals surface area contributed by atoms with Crippen molar-refractivity contribution in [1.29, 1.82) is 0 Å². The Bertz CT molecular complexity index is 927. The zero-order chi connectivity index (χ0) is 17.3. The van der Waals surface area contributed by atoms with E-state index in [0.717, 1.165) is 39.4 Å². The van der Waals surface area contributed by atoms with Crippen LogP contribution in [0.3, 0.4) is 0 Å². The molecule has 0 aliphatic rings. The van der Waals surface area contributed by atoms with Crippen molar-refractivity contribution >= 4 is 44.9 Å². The molecule has 0 fully saturated rings. The summed E-state index contributed by atoms with van der Waals surface area (Å²) >= 11 is 0. The molecule has 0 saturated carbocycles. The second kappa shape index (κ2) is 8.16. The van der Waals surface area contributed by atoms with Crippen LogP contribution >= 0.6 is 0 Å². The SMILES string of the molecule is COc1ccc2nc([S@@](=O)Cc3ncc(C)c(OC)c3C)[nH]c2c1.[Mg+2]. The third kappa shape index (κ3) is 3.96. The number of methoxy groups -OCH3 is 2. The summed E-state index contributed by atoms with van der Waals surface area (Å²) < 4.78 is 23.3. The second-order valence-corrected chi connectivity index (χ2v) is 6.83. The van der Waals surface area contributed by atoms with Crippen LogP contribution in [0.1, 0.15) is 16.8 Å². The zero-order valence-electron chi connectivity index (χ0n) is 14.8. The minimum absolute atomic E-state index is 0. The van der Waals surface area contributed by atoms with E-state index in [1.165, 1.54) is 0 Å². The molecule has 2 aromatic heterocycles. The summed E-state index contributed by atoms with van der Waals surface area (Å²) in [6, 6.07) is 5.50. The van der Waals surface area contributed by atoms with Gasteiger partial charge in [-0.05, 0) is 26.0 Å². The van der Waals surface area contributed by atoms with Crippen LogP contribution in [-0.2, 0) is 16.6 Å². The van der Waals surface area contributed by atoms with Crippen LogP contribution in [0.15, 0.2) is 29.6 Å². The van der Waals surface area contributed by atoms with E-state index < -0.39 is 10.8 Å². The Kier molecular flexibility index (Phi) is 6.42. The quantitative estimate of drug-likeness (QED) is 0.699. The standard InChI is InChI=1S/C17H19N3O3S.Mg/c1-10-8-18-15(11(2)16(10)23-4)9-24(21)17-19-13-6-5-12(22-3)7-14(13)20-17;/h5-8H,9H2,1-4H3,(H,19,20);/q;+2/t24-;/m0./s1. The molecule has 3 rings (SSSR count). The van der Waals surface area contributed by atoms with Crippen molar-refractivity contribution in [2.75, 3.05) is 14.2 Å². The first-order valence-corrected chi connectivity index (χ1v) is 8.76. The van der Waals surface area contributed by atoms with Crippen molar-refractivity contribution in [1.82, 2.24) is 15.0 Å². The molecule has 1 atom stereocenters. The molecule has 2 heterocycles. The van der Waals surface area contributed by atoms with Gasteiger partial charge in [0.25, 0.3) is 0 Å². The molecule has 0 spiro atoms. The Morgan fingerprint density at radius 3 is 2.64 bits per heavy atom. The summed E-state index contributed by atoms with van der Waals surface area (Å²) in [7, 11) is 1.91. The number of aromatic nitrogens is 3. The van der Waals surface area contributed by atoms with Crippen molar-refractivity contribution in [2.45, 2.75) is 24.8 Å². The number of fused-ring (bicyclic) bond motifs is 1. The molecule has 0 amide bonds. The van der Waals surface area contributed by atoms with Gasteiger partial charge in [-0.15, -0.1) is 0 Å². The van der Waals surface area contributed by atoms with Gasteiger partial charge in [0.1, 0.15) is 11.5 Å². The van der Waals surface area contributed by atoms with Crippen molar-refractivity contribution in [2.24, 2.45) is 0 Å². The van der Waals surface area contributed by atoms with Crippen LogP contribution in [0.2, 0.25) is 0 Å². The maximum Gasteiger partial charge on any atom is 2.00 e. The molecule has 0 aliphatic heterocycles. The van der Waals surface area contributed by atoms with Crippen molar-refractivity contribution in [3.8, 4) is 11.5 Å². The molecule has 6 nitrogen and oxygen atoms in total. The average molecular weight is 370 g/mol. The molecule has 1 aromatic carbocycles. The summed E-state index contributed by atoms with van der Waals surface area (Å²) in [5.41, 5.74) is 4.16. The van der Waals surface area contributed by atoms with E-state index in [4.69, 9.17) is 9.47 Å². The third-order valence-corrected chi connectivity index (χ3v) is 5.06. The van der Waals surface area contributed by atoms with Gasteiger partial charge in [0.05, 0.1) is 47.5 Å². The van der Waals surface area contributed by atoms with Gasteiger partial charge in [-0.2, -0.15) is 0 Å². The Morgan fingerprint density at radius 2 is 1.96 bits per heavy atom. The number of aromatic amines is 1. The van der Waals surface area contributed by atoms with E-state index in [1.54, 1.807) is 20.4 Å². The van der Waals surface area contributed by atoms with E-state index >= 15 is 0 Å². The summed E-state index contributed by atoms with van der Waals surface area (Å²) in [6.45, 7) is 3.86. The monoisotopic (exact) mass is 369 g/mol. The topological polar surface area (TPSA) is 77.1 Å². The van der Waals surface area contributed by atoms with Crippen LogP contribution in [0.25, 0.3) is 11.0 Å². The molecule has 3 aromatic rings. The third-order valence-electron chi connectivity index (χ3n) is 3.90. The number of benzene rings is 1. The van der Waals surface area contributed by atoms with Gasteiger partial charge in [0.2, 0.25) is 0 Å². The number of rotatable bonds is 5. The Labute approximate surface area is 165 Å². The van der Waals surface area contributed by atoms with Crippen LogP contribution in [-0.4, -0.2) is 56.4 Å². The summed E-state index contributed by atoms with van der Waals surface area (Å²) in [6.07, 6.45) is 1.74. The van der Waals surface area contributed by atoms with Gasteiger partial charge in [-0.3, -0.25) is 9.19 Å². The molecule has 0 aliphatic carbocycles. The minimum Gasteiger partial charge on any atom is -0.497 e. The van der Waals surface area contributed by atoms with E-state index in [0.29, 0.717) is 5.16 Å². The maximum absolute atomic E-state index is 12.7. The van der Waals surface area contributed by atoms with E-state index in [9.17, 15) is 4.21 Å². The smallest absolute Gasteiger partial charge is 0.497 e. The Balaban J connectivity index is 0.00000225. The van der Waals surface area contributed by atoms with Gasteiger partial charge in [-0.1, -0.05) is 0 Å². The molecule has 8 heteroatoms. The second-order valence-electron chi connectivity index (χ2n) is 5.46. The molecular formula is C17H19MgN3O3S+2. The van der Waals surface area contributed by atoms with E-state index in [-0.39, 0.29) is 28.8 Å². The zero-order valence-corrected chi connectivity index (χ0v) is 17.0. The van der Waals surface area contributed by atoms with Crippen LogP contribution in [0.5, 0.6) is 11.5 Å². The number of pyridine rings is 1. The number of aryl methyl sites for hydroxylation is 1. The first-order valence-electron chi connectivity index (χ1n) is 7.44. The first-order chi connectivity index (χ1) is 11.5. The fourth-order valence-electron chi connectivity index (χ4n) is 2.61. The van der Waals surface area contributed by atoms with Gasteiger partial charge in [0.15, 0.2) is 5.16 Å². The molecule has 0 saturated heterocycles. The number of ether oxygens (including phenoxy) is 2. The fraction of sp³-hybridized carbons (Fsp3) is 0.294. The number of nitrogens with zero attached hydrogens (tertiary/aromatic N) is 2. The van der Waals surface area contributed by atoms with Crippen LogP contribution < -0.4 is 9.47 Å². The summed E-state index contributed by atoms with van der Waals surface area (Å²) in [5, 5.41) is 0.430. The van der Waals surface area contributed by atoms with Gasteiger partial charge >= 0.3 is 23.1 Å². The maximum atomic E-state index is 12.7. The summed E-state index contributed by atoms with van der Waals surface area (Å²) in [5.74, 6) is 1.79. The van der Waals surface area contributed by atoms with Crippen molar-refractivity contribution < 1.29 is 13.7 Å². The van der Waals surface area contributed by atoms with E-state index in [1.807, 2.05) is 32.0 Å². The van der Waals surface area contributed by atoms with Crippen LogP contribution in [0, 0.1) is 13.8 Å². The van der Waals surface area contributed by atoms with Crippen molar-refractivity contribution in [3.63, 3.8) is 0 Å². The van der Waals surface area contributed by atoms with Crippen LogP contribution in [0.4, 0.5) is 0 Å². The molecular weight excluding hydrogens is 351 g/mol. The van der Waals surface area contributed by atoms with Gasteiger partial charge < -0.3 is 14.5 Å². The predicted molar refractivity (Wildman–Crippen MR) is 98.8 cm³/mol. The normalized spacial score (nSPS) is 11.8. The Morgan fingerprint density at radius 1 is 1.20 bits per heavy atom. The fourth-order valence-corrected chi connectivity index (χ4v) is 3.71. The molecule has 0 radical (unpaired) electrons.